The van der Waals surface area contributed by atoms with Crippen LogP contribution in [0.2, 0.25) is 0 Å². The molecule has 1 heterocycles. The molecule has 0 radical (unpaired) electrons. The molecule has 2 aromatic rings. The summed E-state index contributed by atoms with van der Waals surface area (Å²) >= 11 is 0. The van der Waals surface area contributed by atoms with Crippen molar-refractivity contribution in [2.75, 3.05) is 18.4 Å². The Morgan fingerprint density at radius 2 is 1.90 bits per heavy atom. The Balaban J connectivity index is 1.60. The van der Waals surface area contributed by atoms with Gasteiger partial charge in [-0.25, -0.2) is 0 Å². The number of para-hydroxylation sites is 1. The highest BCUT2D eigenvalue weighted by molar-refractivity contribution is 5.49. The average molecular weight is 268 g/mol. The Hall–Kier alpha value is -2.00. The Bertz CT molecular complexity index is 536. The second-order valence-corrected chi connectivity index (χ2v) is 5.12. The number of hydrogen-bond donors (Lipinski definition) is 2. The van der Waals surface area contributed by atoms with Gasteiger partial charge in [0, 0.05) is 24.3 Å². The summed E-state index contributed by atoms with van der Waals surface area (Å²) in [6.45, 7) is 2.11. The smallest absolute Gasteiger partial charge is 0.129 e. The molecule has 0 amide bonds. The molecule has 3 nitrogen and oxygen atoms in total. The summed E-state index contributed by atoms with van der Waals surface area (Å²) in [5, 5.41) is 6.96. The Labute approximate surface area is 120 Å². The SMILES string of the molecule is c1ccc(Oc2cccc(NCC3CCCN3)c2)cc1. The summed E-state index contributed by atoms with van der Waals surface area (Å²) < 4.78 is 5.84. The number of ether oxygens (including phenoxy) is 1. The minimum atomic E-state index is 0.591. The van der Waals surface area contributed by atoms with Crippen LogP contribution < -0.4 is 15.4 Å². The maximum absolute atomic E-state index is 5.84. The van der Waals surface area contributed by atoms with Crippen molar-refractivity contribution in [3.05, 3.63) is 54.6 Å². The van der Waals surface area contributed by atoms with Gasteiger partial charge in [0.1, 0.15) is 11.5 Å². The van der Waals surface area contributed by atoms with E-state index in [0.29, 0.717) is 6.04 Å². The van der Waals surface area contributed by atoms with Gasteiger partial charge in [0.05, 0.1) is 0 Å². The fourth-order valence-electron chi connectivity index (χ4n) is 2.47. The van der Waals surface area contributed by atoms with E-state index in [-0.39, 0.29) is 0 Å². The van der Waals surface area contributed by atoms with Crippen molar-refractivity contribution >= 4 is 5.69 Å². The van der Waals surface area contributed by atoms with Gasteiger partial charge in [-0.05, 0) is 43.7 Å². The lowest BCUT2D eigenvalue weighted by atomic mass is 10.2. The lowest BCUT2D eigenvalue weighted by Crippen LogP contribution is -2.29. The highest BCUT2D eigenvalue weighted by Gasteiger charge is 2.13. The molecule has 3 heteroatoms. The molecular formula is C17H20N2O. The van der Waals surface area contributed by atoms with Crippen LogP contribution in [0.5, 0.6) is 11.5 Å². The number of rotatable bonds is 5. The van der Waals surface area contributed by atoms with E-state index in [4.69, 9.17) is 4.74 Å². The van der Waals surface area contributed by atoms with E-state index in [1.54, 1.807) is 0 Å². The molecule has 2 aromatic carbocycles. The van der Waals surface area contributed by atoms with Crippen molar-refractivity contribution in [3.63, 3.8) is 0 Å². The largest absolute Gasteiger partial charge is 0.457 e. The maximum atomic E-state index is 5.84. The van der Waals surface area contributed by atoms with E-state index in [0.717, 1.165) is 30.3 Å². The first-order chi connectivity index (χ1) is 9.90. The third-order valence-corrected chi connectivity index (χ3v) is 3.53. The number of hydrogen-bond acceptors (Lipinski definition) is 3. The van der Waals surface area contributed by atoms with Gasteiger partial charge in [-0.1, -0.05) is 24.3 Å². The summed E-state index contributed by atoms with van der Waals surface area (Å²) in [4.78, 5) is 0. The van der Waals surface area contributed by atoms with Gasteiger partial charge in [-0.3, -0.25) is 0 Å². The molecule has 0 spiro atoms. The van der Waals surface area contributed by atoms with E-state index in [1.807, 2.05) is 48.5 Å². The lowest BCUT2D eigenvalue weighted by molar-refractivity contribution is 0.483. The fourth-order valence-corrected chi connectivity index (χ4v) is 2.47. The average Bonchev–Trinajstić information content (AvgIpc) is 3.00. The van der Waals surface area contributed by atoms with Crippen molar-refractivity contribution in [2.24, 2.45) is 0 Å². The standard InChI is InChI=1S/C17H20N2O/c1-2-8-16(9-3-1)20-17-10-4-6-14(12-17)19-13-15-7-5-11-18-15/h1-4,6,8-10,12,15,18-19H,5,7,11,13H2. The zero-order valence-corrected chi connectivity index (χ0v) is 11.5. The van der Waals surface area contributed by atoms with E-state index in [9.17, 15) is 0 Å². The van der Waals surface area contributed by atoms with Crippen LogP contribution in [-0.4, -0.2) is 19.1 Å². The van der Waals surface area contributed by atoms with Crippen molar-refractivity contribution in [1.29, 1.82) is 0 Å². The lowest BCUT2D eigenvalue weighted by Gasteiger charge is -2.13. The summed E-state index contributed by atoms with van der Waals surface area (Å²) in [7, 11) is 0. The third-order valence-electron chi connectivity index (χ3n) is 3.53. The van der Waals surface area contributed by atoms with E-state index < -0.39 is 0 Å². The van der Waals surface area contributed by atoms with Crippen molar-refractivity contribution in [1.82, 2.24) is 5.32 Å². The van der Waals surface area contributed by atoms with Crippen LogP contribution in [0.4, 0.5) is 5.69 Å². The number of anilines is 1. The molecule has 0 aliphatic carbocycles. The van der Waals surface area contributed by atoms with Gasteiger partial charge in [-0.2, -0.15) is 0 Å². The molecule has 0 saturated carbocycles. The summed E-state index contributed by atoms with van der Waals surface area (Å²) in [5.74, 6) is 1.72. The second-order valence-electron chi connectivity index (χ2n) is 5.12. The summed E-state index contributed by atoms with van der Waals surface area (Å²) in [5.41, 5.74) is 1.10. The maximum Gasteiger partial charge on any atom is 0.129 e. The predicted molar refractivity (Wildman–Crippen MR) is 82.5 cm³/mol. The van der Waals surface area contributed by atoms with Crippen LogP contribution in [0.25, 0.3) is 0 Å². The van der Waals surface area contributed by atoms with Crippen molar-refractivity contribution in [2.45, 2.75) is 18.9 Å². The normalized spacial score (nSPS) is 17.9. The van der Waals surface area contributed by atoms with Gasteiger partial charge in [0.2, 0.25) is 0 Å². The van der Waals surface area contributed by atoms with E-state index in [1.165, 1.54) is 12.8 Å². The summed E-state index contributed by atoms with van der Waals surface area (Å²) in [6.07, 6.45) is 2.54. The van der Waals surface area contributed by atoms with Gasteiger partial charge < -0.3 is 15.4 Å². The van der Waals surface area contributed by atoms with Gasteiger partial charge in [-0.15, -0.1) is 0 Å². The first-order valence-corrected chi connectivity index (χ1v) is 7.20. The first kappa shape index (κ1) is 13.0. The molecule has 1 atom stereocenters. The molecule has 0 aromatic heterocycles. The molecule has 0 bridgehead atoms. The molecular weight excluding hydrogens is 248 g/mol. The van der Waals surface area contributed by atoms with Crippen LogP contribution in [-0.2, 0) is 0 Å². The van der Waals surface area contributed by atoms with Crippen LogP contribution in [0.3, 0.4) is 0 Å². The van der Waals surface area contributed by atoms with Crippen LogP contribution in [0.15, 0.2) is 54.6 Å². The van der Waals surface area contributed by atoms with Crippen LogP contribution >= 0.6 is 0 Å². The van der Waals surface area contributed by atoms with Gasteiger partial charge >= 0.3 is 0 Å². The number of benzene rings is 2. The van der Waals surface area contributed by atoms with E-state index in [2.05, 4.69) is 16.7 Å². The minimum Gasteiger partial charge on any atom is -0.457 e. The molecule has 1 saturated heterocycles. The minimum absolute atomic E-state index is 0.591. The Morgan fingerprint density at radius 1 is 1.05 bits per heavy atom. The molecule has 2 N–H and O–H groups in total. The summed E-state index contributed by atoms with van der Waals surface area (Å²) in [6, 6.07) is 18.6. The zero-order valence-electron chi connectivity index (χ0n) is 11.5. The van der Waals surface area contributed by atoms with Crippen LogP contribution in [0, 0.1) is 0 Å². The Morgan fingerprint density at radius 3 is 2.70 bits per heavy atom. The van der Waals surface area contributed by atoms with Crippen molar-refractivity contribution in [3.8, 4) is 11.5 Å². The van der Waals surface area contributed by atoms with Gasteiger partial charge in [0.15, 0.2) is 0 Å². The van der Waals surface area contributed by atoms with E-state index >= 15 is 0 Å². The zero-order chi connectivity index (χ0) is 13.6. The quantitative estimate of drug-likeness (QED) is 0.868. The molecule has 1 aliphatic heterocycles. The predicted octanol–water partition coefficient (Wildman–Crippen LogP) is 3.64. The molecule has 104 valence electrons. The Kier molecular flexibility index (Phi) is 4.19. The molecule has 1 unspecified atom stereocenters. The van der Waals surface area contributed by atoms with Crippen LogP contribution in [0.1, 0.15) is 12.8 Å². The topological polar surface area (TPSA) is 33.3 Å². The second kappa shape index (κ2) is 6.44. The highest BCUT2D eigenvalue weighted by atomic mass is 16.5. The molecule has 1 aliphatic rings. The fraction of sp³-hybridized carbons (Fsp3) is 0.294. The molecule has 20 heavy (non-hydrogen) atoms. The van der Waals surface area contributed by atoms with Gasteiger partial charge in [0.25, 0.3) is 0 Å². The molecule has 1 fully saturated rings. The third kappa shape index (κ3) is 3.52. The molecule has 3 rings (SSSR count). The highest BCUT2D eigenvalue weighted by Crippen LogP contribution is 2.23. The number of nitrogens with one attached hydrogen (secondary N) is 2. The first-order valence-electron chi connectivity index (χ1n) is 7.20. The van der Waals surface area contributed by atoms with Crippen molar-refractivity contribution < 1.29 is 4.74 Å². The monoisotopic (exact) mass is 268 g/mol.